The summed E-state index contributed by atoms with van der Waals surface area (Å²) in [6, 6.07) is 0. The average Bonchev–Trinajstić information content (AvgIpc) is 2.48. The number of hydrogen-bond donors (Lipinski definition) is 1. The van der Waals surface area contributed by atoms with Gasteiger partial charge in [-0.3, -0.25) is 4.79 Å². The number of unbranched alkanes of at least 4 members (excludes halogenated alkanes) is 8. The molecule has 0 radical (unpaired) electrons. The van der Waals surface area contributed by atoms with Gasteiger partial charge in [0, 0.05) is 0 Å². The van der Waals surface area contributed by atoms with E-state index < -0.39 is 5.97 Å². The van der Waals surface area contributed by atoms with Gasteiger partial charge in [0.25, 0.3) is 0 Å². The first-order chi connectivity index (χ1) is 10.2. The quantitative estimate of drug-likeness (QED) is 0.353. The zero-order valence-corrected chi connectivity index (χ0v) is 14.7. The summed E-state index contributed by atoms with van der Waals surface area (Å²) in [5, 5.41) is 9.34. The van der Waals surface area contributed by atoms with Gasteiger partial charge in [0.2, 0.25) is 0 Å². The summed E-state index contributed by atoms with van der Waals surface area (Å²) < 4.78 is 0. The highest BCUT2D eigenvalue weighted by molar-refractivity contribution is 5.69. The number of carbonyl (C=O) groups is 1. The molecule has 0 aromatic heterocycles. The molecule has 0 heterocycles. The molecule has 2 nitrogen and oxygen atoms in total. The van der Waals surface area contributed by atoms with Crippen molar-refractivity contribution in [3.8, 4) is 0 Å². The third kappa shape index (κ3) is 11.8. The van der Waals surface area contributed by atoms with Gasteiger partial charge < -0.3 is 5.11 Å². The van der Waals surface area contributed by atoms with Crippen LogP contribution in [0.2, 0.25) is 0 Å². The van der Waals surface area contributed by atoms with Crippen LogP contribution in [0.5, 0.6) is 0 Å². The fourth-order valence-electron chi connectivity index (χ4n) is 3.07. The van der Waals surface area contributed by atoms with Crippen molar-refractivity contribution in [1.82, 2.24) is 0 Å². The van der Waals surface area contributed by atoms with Crippen LogP contribution in [0.25, 0.3) is 0 Å². The Balaban J connectivity index is 3.63. The first-order valence-electron chi connectivity index (χ1n) is 9.38. The largest absolute Gasteiger partial charge is 0.481 e. The molecule has 21 heavy (non-hydrogen) atoms. The minimum absolute atomic E-state index is 0.112. The van der Waals surface area contributed by atoms with Crippen molar-refractivity contribution < 1.29 is 9.90 Å². The molecule has 0 rings (SSSR count). The van der Waals surface area contributed by atoms with E-state index in [4.69, 9.17) is 0 Å². The van der Waals surface area contributed by atoms with Crippen LogP contribution in [0.1, 0.15) is 104 Å². The highest BCUT2D eigenvalue weighted by atomic mass is 16.4. The standard InChI is InChI=1S/C19H38O2/c1-4-7-8-9-10-11-12-13-14-15-18(19(20)21)16-17(5-2)6-3/h17-18H,4-16H2,1-3H3,(H,20,21). The lowest BCUT2D eigenvalue weighted by atomic mass is 9.87. The highest BCUT2D eigenvalue weighted by Gasteiger charge is 2.20. The van der Waals surface area contributed by atoms with Gasteiger partial charge >= 0.3 is 5.97 Å². The first kappa shape index (κ1) is 20.5. The molecule has 0 aliphatic carbocycles. The first-order valence-corrected chi connectivity index (χ1v) is 9.38. The van der Waals surface area contributed by atoms with E-state index in [-0.39, 0.29) is 5.92 Å². The smallest absolute Gasteiger partial charge is 0.306 e. The molecule has 126 valence electrons. The van der Waals surface area contributed by atoms with Crippen LogP contribution in [0, 0.1) is 11.8 Å². The molecule has 0 aliphatic heterocycles. The van der Waals surface area contributed by atoms with E-state index in [1.54, 1.807) is 0 Å². The van der Waals surface area contributed by atoms with Gasteiger partial charge in [-0.2, -0.15) is 0 Å². The van der Waals surface area contributed by atoms with Crippen molar-refractivity contribution in [2.24, 2.45) is 11.8 Å². The molecule has 0 bridgehead atoms. The van der Waals surface area contributed by atoms with E-state index >= 15 is 0 Å². The van der Waals surface area contributed by atoms with Crippen molar-refractivity contribution in [1.29, 1.82) is 0 Å². The molecular formula is C19H38O2. The van der Waals surface area contributed by atoms with Crippen LogP contribution in [-0.2, 0) is 4.79 Å². The molecule has 0 spiro atoms. The van der Waals surface area contributed by atoms with Crippen LogP contribution in [-0.4, -0.2) is 11.1 Å². The molecule has 1 N–H and O–H groups in total. The van der Waals surface area contributed by atoms with E-state index in [1.165, 1.54) is 51.4 Å². The van der Waals surface area contributed by atoms with Crippen LogP contribution in [0.15, 0.2) is 0 Å². The van der Waals surface area contributed by atoms with Crippen LogP contribution < -0.4 is 0 Å². The second-order valence-electron chi connectivity index (χ2n) is 6.57. The molecule has 0 aromatic rings. The molecule has 0 amide bonds. The highest BCUT2D eigenvalue weighted by Crippen LogP contribution is 2.24. The van der Waals surface area contributed by atoms with Crippen molar-refractivity contribution in [3.05, 3.63) is 0 Å². The lowest BCUT2D eigenvalue weighted by Crippen LogP contribution is -2.17. The Bertz CT molecular complexity index is 234. The maximum absolute atomic E-state index is 11.3. The molecule has 2 heteroatoms. The Labute approximate surface area is 132 Å². The van der Waals surface area contributed by atoms with Gasteiger partial charge in [-0.15, -0.1) is 0 Å². The molecule has 1 unspecified atom stereocenters. The van der Waals surface area contributed by atoms with Gasteiger partial charge in [0.05, 0.1) is 5.92 Å². The minimum atomic E-state index is -0.582. The Morgan fingerprint density at radius 2 is 1.29 bits per heavy atom. The Hall–Kier alpha value is -0.530. The predicted octanol–water partition coefficient (Wildman–Crippen LogP) is 6.43. The Morgan fingerprint density at radius 1 is 0.810 bits per heavy atom. The number of rotatable bonds is 15. The van der Waals surface area contributed by atoms with E-state index in [1.807, 2.05) is 0 Å². The molecule has 1 atom stereocenters. The van der Waals surface area contributed by atoms with Crippen LogP contribution in [0.4, 0.5) is 0 Å². The lowest BCUT2D eigenvalue weighted by molar-refractivity contribution is -0.142. The lowest BCUT2D eigenvalue weighted by Gasteiger charge is -2.18. The zero-order valence-electron chi connectivity index (χ0n) is 14.7. The molecular weight excluding hydrogens is 260 g/mol. The van der Waals surface area contributed by atoms with Crippen molar-refractivity contribution >= 4 is 5.97 Å². The molecule has 0 saturated heterocycles. The predicted molar refractivity (Wildman–Crippen MR) is 91.7 cm³/mol. The normalized spacial score (nSPS) is 12.8. The summed E-state index contributed by atoms with van der Waals surface area (Å²) >= 11 is 0. The van der Waals surface area contributed by atoms with E-state index in [9.17, 15) is 9.90 Å². The Kier molecular flexibility index (Phi) is 14.0. The summed E-state index contributed by atoms with van der Waals surface area (Å²) in [7, 11) is 0. The van der Waals surface area contributed by atoms with Gasteiger partial charge in [0.15, 0.2) is 0 Å². The number of carboxylic acids is 1. The molecule has 0 aliphatic rings. The summed E-state index contributed by atoms with van der Waals surface area (Å²) in [4.78, 5) is 11.3. The molecule has 0 saturated carbocycles. The topological polar surface area (TPSA) is 37.3 Å². The van der Waals surface area contributed by atoms with Gasteiger partial charge in [0.1, 0.15) is 0 Å². The summed E-state index contributed by atoms with van der Waals surface area (Å²) in [6.45, 7) is 6.59. The fourth-order valence-corrected chi connectivity index (χ4v) is 3.07. The third-order valence-corrected chi connectivity index (χ3v) is 4.78. The summed E-state index contributed by atoms with van der Waals surface area (Å²) in [6.07, 6.45) is 15.7. The molecule has 0 aromatic carbocycles. The SMILES string of the molecule is CCCCCCCCCCCC(CC(CC)CC)C(=O)O. The number of carboxylic acid groups (broad SMARTS) is 1. The van der Waals surface area contributed by atoms with Crippen LogP contribution in [0.3, 0.4) is 0 Å². The van der Waals surface area contributed by atoms with Crippen molar-refractivity contribution in [2.75, 3.05) is 0 Å². The second-order valence-corrected chi connectivity index (χ2v) is 6.57. The maximum Gasteiger partial charge on any atom is 0.306 e. The Morgan fingerprint density at radius 3 is 1.71 bits per heavy atom. The van der Waals surface area contributed by atoms with Crippen molar-refractivity contribution in [3.63, 3.8) is 0 Å². The molecule has 0 fully saturated rings. The van der Waals surface area contributed by atoms with E-state index in [0.29, 0.717) is 5.92 Å². The monoisotopic (exact) mass is 298 g/mol. The van der Waals surface area contributed by atoms with Crippen LogP contribution >= 0.6 is 0 Å². The van der Waals surface area contributed by atoms with Gasteiger partial charge in [-0.1, -0.05) is 91.4 Å². The minimum Gasteiger partial charge on any atom is -0.481 e. The summed E-state index contributed by atoms with van der Waals surface area (Å²) in [5.74, 6) is -0.106. The van der Waals surface area contributed by atoms with E-state index in [0.717, 1.165) is 32.1 Å². The third-order valence-electron chi connectivity index (χ3n) is 4.78. The van der Waals surface area contributed by atoms with E-state index in [2.05, 4.69) is 20.8 Å². The summed E-state index contributed by atoms with van der Waals surface area (Å²) in [5.41, 5.74) is 0. The number of hydrogen-bond acceptors (Lipinski definition) is 1. The fraction of sp³-hybridized carbons (Fsp3) is 0.947. The van der Waals surface area contributed by atoms with Gasteiger partial charge in [-0.25, -0.2) is 0 Å². The van der Waals surface area contributed by atoms with Crippen molar-refractivity contribution in [2.45, 2.75) is 104 Å². The average molecular weight is 299 g/mol. The maximum atomic E-state index is 11.3. The zero-order chi connectivity index (χ0) is 15.9. The van der Waals surface area contributed by atoms with Gasteiger partial charge in [-0.05, 0) is 18.8 Å². The number of aliphatic carboxylic acids is 1. The second kappa shape index (κ2) is 14.4.